The Labute approximate surface area is 158 Å². The molecule has 0 radical (unpaired) electrons. The molecule has 1 atom stereocenters. The molecular weight excluding hydrogens is 368 g/mol. The topological polar surface area (TPSA) is 92.8 Å². The van der Waals surface area contributed by atoms with E-state index in [2.05, 4.69) is 5.32 Å². The van der Waals surface area contributed by atoms with Gasteiger partial charge in [0.05, 0.1) is 11.9 Å². The standard InChI is InChI=1S/C19H20N2O5S/c1-13(22)14-6-5-7-15(12-14)20-19(23)18-10-11-21(27(2,24)25)16-8-3-4-9-17(16)26-18/h3-9,12,18H,10-11H2,1-2H3,(H,20,23)/t18-/m0/s1. The van der Waals surface area contributed by atoms with Crippen molar-refractivity contribution in [3.05, 3.63) is 54.1 Å². The number of ether oxygens (including phenoxy) is 1. The van der Waals surface area contributed by atoms with Gasteiger partial charge in [-0.1, -0.05) is 24.3 Å². The summed E-state index contributed by atoms with van der Waals surface area (Å²) >= 11 is 0. The fourth-order valence-electron chi connectivity index (χ4n) is 2.90. The number of anilines is 2. The van der Waals surface area contributed by atoms with E-state index >= 15 is 0 Å². The molecule has 1 amide bonds. The number of ketones is 1. The van der Waals surface area contributed by atoms with Crippen LogP contribution >= 0.6 is 0 Å². The van der Waals surface area contributed by atoms with Crippen LogP contribution in [-0.4, -0.2) is 39.0 Å². The number of carbonyl (C=O) groups excluding carboxylic acids is 2. The van der Waals surface area contributed by atoms with Crippen molar-refractivity contribution >= 4 is 33.1 Å². The van der Waals surface area contributed by atoms with Crippen LogP contribution in [0.5, 0.6) is 5.75 Å². The number of rotatable bonds is 4. The normalized spacial score (nSPS) is 16.7. The lowest BCUT2D eigenvalue weighted by atomic mass is 10.1. The molecule has 0 aromatic heterocycles. The Morgan fingerprint density at radius 3 is 2.59 bits per heavy atom. The molecule has 1 aliphatic rings. The van der Waals surface area contributed by atoms with Crippen LogP contribution in [0.1, 0.15) is 23.7 Å². The molecule has 0 bridgehead atoms. The van der Waals surface area contributed by atoms with Crippen LogP contribution in [0, 0.1) is 0 Å². The Morgan fingerprint density at radius 1 is 1.15 bits per heavy atom. The van der Waals surface area contributed by atoms with E-state index in [1.165, 1.54) is 11.2 Å². The van der Waals surface area contributed by atoms with Gasteiger partial charge in [-0.15, -0.1) is 0 Å². The van der Waals surface area contributed by atoms with Crippen molar-refractivity contribution in [3.8, 4) is 5.75 Å². The summed E-state index contributed by atoms with van der Waals surface area (Å²) in [6.45, 7) is 1.58. The second-order valence-electron chi connectivity index (χ2n) is 6.32. The van der Waals surface area contributed by atoms with Crippen LogP contribution in [0.4, 0.5) is 11.4 Å². The molecule has 142 valence electrons. The van der Waals surface area contributed by atoms with Crippen LogP contribution in [0.3, 0.4) is 0 Å². The second-order valence-corrected chi connectivity index (χ2v) is 8.23. The third kappa shape index (κ3) is 4.28. The largest absolute Gasteiger partial charge is 0.478 e. The molecule has 0 saturated heterocycles. The summed E-state index contributed by atoms with van der Waals surface area (Å²) in [5.41, 5.74) is 1.38. The number of hydrogen-bond acceptors (Lipinski definition) is 5. The molecule has 2 aromatic carbocycles. The first-order valence-corrected chi connectivity index (χ1v) is 10.3. The zero-order valence-electron chi connectivity index (χ0n) is 15.0. The van der Waals surface area contributed by atoms with E-state index in [4.69, 9.17) is 4.74 Å². The number of nitrogens with one attached hydrogen (secondary N) is 1. The average molecular weight is 388 g/mol. The van der Waals surface area contributed by atoms with Crippen molar-refractivity contribution in [2.24, 2.45) is 0 Å². The molecule has 1 heterocycles. The smallest absolute Gasteiger partial charge is 0.265 e. The molecule has 0 fully saturated rings. The Bertz CT molecular complexity index is 987. The summed E-state index contributed by atoms with van der Waals surface area (Å²) < 4.78 is 31.3. The molecule has 3 rings (SSSR count). The maximum Gasteiger partial charge on any atom is 0.265 e. The van der Waals surface area contributed by atoms with Gasteiger partial charge < -0.3 is 10.1 Å². The van der Waals surface area contributed by atoms with Gasteiger partial charge in [0, 0.05) is 24.2 Å². The SMILES string of the molecule is CC(=O)c1cccc(NC(=O)[C@@H]2CCN(S(C)(=O)=O)c3ccccc3O2)c1. The van der Waals surface area contributed by atoms with E-state index in [0.717, 1.165) is 6.26 Å². The molecule has 0 saturated carbocycles. The number of nitrogens with zero attached hydrogens (tertiary/aromatic N) is 1. The van der Waals surface area contributed by atoms with Crippen LogP contribution < -0.4 is 14.4 Å². The molecular formula is C19H20N2O5S. The highest BCUT2D eigenvalue weighted by atomic mass is 32.2. The fourth-order valence-corrected chi connectivity index (χ4v) is 3.84. The summed E-state index contributed by atoms with van der Waals surface area (Å²) in [5, 5.41) is 2.73. The summed E-state index contributed by atoms with van der Waals surface area (Å²) in [6.07, 6.45) is 0.455. The van der Waals surface area contributed by atoms with Gasteiger partial charge in [0.25, 0.3) is 5.91 Å². The number of amides is 1. The number of Topliss-reactive ketones (excluding diaryl/α,β-unsaturated/α-hetero) is 1. The summed E-state index contributed by atoms with van der Waals surface area (Å²) in [7, 11) is -3.50. The van der Waals surface area contributed by atoms with Crippen LogP contribution in [-0.2, 0) is 14.8 Å². The van der Waals surface area contributed by atoms with Crippen molar-refractivity contribution < 1.29 is 22.7 Å². The van der Waals surface area contributed by atoms with Crippen molar-refractivity contribution in [2.75, 3.05) is 22.4 Å². The molecule has 1 N–H and O–H groups in total. The molecule has 1 aliphatic heterocycles. The average Bonchev–Trinajstić information content (AvgIpc) is 2.81. The number of sulfonamides is 1. The van der Waals surface area contributed by atoms with Gasteiger partial charge in [0.1, 0.15) is 5.75 Å². The first kappa shape index (κ1) is 18.9. The number of hydrogen-bond donors (Lipinski definition) is 1. The number of para-hydroxylation sites is 2. The van der Waals surface area contributed by atoms with Crippen LogP contribution in [0.2, 0.25) is 0 Å². The van der Waals surface area contributed by atoms with Gasteiger partial charge in [0.2, 0.25) is 10.0 Å². The Hall–Kier alpha value is -2.87. The summed E-state index contributed by atoms with van der Waals surface area (Å²) in [6, 6.07) is 13.3. The van der Waals surface area contributed by atoms with Crippen LogP contribution in [0.15, 0.2) is 48.5 Å². The van der Waals surface area contributed by atoms with Crippen molar-refractivity contribution in [1.82, 2.24) is 0 Å². The van der Waals surface area contributed by atoms with E-state index in [9.17, 15) is 18.0 Å². The quantitative estimate of drug-likeness (QED) is 0.812. The van der Waals surface area contributed by atoms with Gasteiger partial charge in [-0.05, 0) is 31.2 Å². The van der Waals surface area contributed by atoms with Crippen molar-refractivity contribution in [2.45, 2.75) is 19.4 Å². The van der Waals surface area contributed by atoms with Crippen LogP contribution in [0.25, 0.3) is 0 Å². The predicted molar refractivity (Wildman–Crippen MR) is 103 cm³/mol. The molecule has 0 spiro atoms. The van der Waals surface area contributed by atoms with Crippen molar-refractivity contribution in [1.29, 1.82) is 0 Å². The fraction of sp³-hybridized carbons (Fsp3) is 0.263. The zero-order chi connectivity index (χ0) is 19.6. The first-order valence-electron chi connectivity index (χ1n) is 8.41. The molecule has 0 unspecified atom stereocenters. The number of fused-ring (bicyclic) bond motifs is 1. The summed E-state index contributed by atoms with van der Waals surface area (Å²) in [5.74, 6) is -0.173. The van der Waals surface area contributed by atoms with E-state index in [1.54, 1.807) is 48.5 Å². The highest BCUT2D eigenvalue weighted by molar-refractivity contribution is 7.92. The minimum atomic E-state index is -3.50. The highest BCUT2D eigenvalue weighted by Gasteiger charge is 2.31. The monoisotopic (exact) mass is 388 g/mol. The third-order valence-electron chi connectivity index (χ3n) is 4.23. The maximum atomic E-state index is 12.7. The minimum Gasteiger partial charge on any atom is -0.478 e. The van der Waals surface area contributed by atoms with E-state index in [-0.39, 0.29) is 18.7 Å². The highest BCUT2D eigenvalue weighted by Crippen LogP contribution is 2.34. The van der Waals surface area contributed by atoms with Gasteiger partial charge >= 0.3 is 0 Å². The lowest BCUT2D eigenvalue weighted by Gasteiger charge is -2.20. The lowest BCUT2D eigenvalue weighted by Crippen LogP contribution is -2.36. The van der Waals surface area contributed by atoms with E-state index in [0.29, 0.717) is 22.7 Å². The number of benzene rings is 2. The maximum absolute atomic E-state index is 12.7. The van der Waals surface area contributed by atoms with Gasteiger partial charge in [0.15, 0.2) is 11.9 Å². The Morgan fingerprint density at radius 2 is 1.89 bits per heavy atom. The number of carbonyl (C=O) groups is 2. The van der Waals surface area contributed by atoms with Crippen molar-refractivity contribution in [3.63, 3.8) is 0 Å². The minimum absolute atomic E-state index is 0.102. The molecule has 0 aliphatic carbocycles. The van der Waals surface area contributed by atoms with E-state index < -0.39 is 22.0 Å². The lowest BCUT2D eigenvalue weighted by molar-refractivity contribution is -0.122. The predicted octanol–water partition coefficient (Wildman–Crippen LogP) is 2.45. The molecule has 8 heteroatoms. The van der Waals surface area contributed by atoms with Gasteiger partial charge in [-0.3, -0.25) is 13.9 Å². The third-order valence-corrected chi connectivity index (χ3v) is 5.41. The zero-order valence-corrected chi connectivity index (χ0v) is 15.8. The molecule has 7 nitrogen and oxygen atoms in total. The van der Waals surface area contributed by atoms with Gasteiger partial charge in [-0.25, -0.2) is 8.42 Å². The summed E-state index contributed by atoms with van der Waals surface area (Å²) in [4.78, 5) is 24.2. The second kappa shape index (κ2) is 7.40. The first-order chi connectivity index (χ1) is 12.8. The Kier molecular flexibility index (Phi) is 5.18. The molecule has 27 heavy (non-hydrogen) atoms. The van der Waals surface area contributed by atoms with E-state index in [1.807, 2.05) is 0 Å². The molecule has 2 aromatic rings. The van der Waals surface area contributed by atoms with Gasteiger partial charge in [-0.2, -0.15) is 0 Å². The Balaban J connectivity index is 1.83.